The third kappa shape index (κ3) is 4.85. The number of carbonyl (C=O) groups excluding carboxylic acids is 1. The van der Waals surface area contributed by atoms with Crippen molar-refractivity contribution in [1.82, 2.24) is 4.57 Å². The normalized spacial score (nSPS) is 10.7. The van der Waals surface area contributed by atoms with E-state index in [9.17, 15) is 14.0 Å². The zero-order chi connectivity index (χ0) is 24.1. The maximum atomic E-state index is 14.0. The van der Waals surface area contributed by atoms with Gasteiger partial charge in [-0.2, -0.15) is 0 Å². The van der Waals surface area contributed by atoms with Crippen LogP contribution in [0.3, 0.4) is 0 Å². The molecule has 34 heavy (non-hydrogen) atoms. The fourth-order valence-corrected chi connectivity index (χ4v) is 3.70. The highest BCUT2D eigenvalue weighted by Gasteiger charge is 2.16. The number of nitrogens with zero attached hydrogens (tertiary/aromatic N) is 1. The Balaban J connectivity index is 1.75. The molecule has 0 saturated heterocycles. The predicted molar refractivity (Wildman–Crippen MR) is 130 cm³/mol. The SMILES string of the molecule is COc1cc2cc(CNc3ccccc3)c(=O)n(CC(=O)Nc3ccccc3F)c2cc1OC. The molecule has 0 unspecified atom stereocenters. The molecule has 0 fully saturated rings. The number of para-hydroxylation sites is 2. The third-order valence-electron chi connectivity index (χ3n) is 5.38. The summed E-state index contributed by atoms with van der Waals surface area (Å²) >= 11 is 0. The second-order valence-corrected chi connectivity index (χ2v) is 7.57. The molecule has 2 N–H and O–H groups in total. The summed E-state index contributed by atoms with van der Waals surface area (Å²) in [5.41, 5.74) is 1.52. The van der Waals surface area contributed by atoms with Gasteiger partial charge < -0.3 is 20.1 Å². The van der Waals surface area contributed by atoms with Crippen LogP contribution in [0, 0.1) is 5.82 Å². The summed E-state index contributed by atoms with van der Waals surface area (Å²) in [5.74, 6) is -0.164. The van der Waals surface area contributed by atoms with Crippen molar-refractivity contribution in [2.24, 2.45) is 0 Å². The van der Waals surface area contributed by atoms with Crippen LogP contribution < -0.4 is 25.7 Å². The van der Waals surface area contributed by atoms with Gasteiger partial charge >= 0.3 is 0 Å². The molecule has 1 heterocycles. The zero-order valence-electron chi connectivity index (χ0n) is 18.8. The van der Waals surface area contributed by atoms with E-state index in [1.807, 2.05) is 30.3 Å². The van der Waals surface area contributed by atoms with E-state index in [2.05, 4.69) is 10.6 Å². The fraction of sp³-hybridized carbons (Fsp3) is 0.154. The molecule has 1 aromatic heterocycles. The molecule has 0 saturated carbocycles. The van der Waals surface area contributed by atoms with Gasteiger partial charge in [0.15, 0.2) is 11.5 Å². The van der Waals surface area contributed by atoms with Crippen molar-refractivity contribution in [3.8, 4) is 11.5 Å². The summed E-state index contributed by atoms with van der Waals surface area (Å²) < 4.78 is 26.2. The lowest BCUT2D eigenvalue weighted by Crippen LogP contribution is -2.31. The summed E-state index contributed by atoms with van der Waals surface area (Å²) in [7, 11) is 3.02. The van der Waals surface area contributed by atoms with Gasteiger partial charge in [-0.05, 0) is 36.4 Å². The van der Waals surface area contributed by atoms with Crippen molar-refractivity contribution >= 4 is 28.2 Å². The number of methoxy groups -OCH3 is 2. The zero-order valence-corrected chi connectivity index (χ0v) is 18.8. The van der Waals surface area contributed by atoms with Crippen LogP contribution in [-0.2, 0) is 17.9 Å². The van der Waals surface area contributed by atoms with Crippen molar-refractivity contribution in [3.05, 3.63) is 94.5 Å². The molecular weight excluding hydrogens is 437 g/mol. The van der Waals surface area contributed by atoms with E-state index < -0.39 is 11.7 Å². The second kappa shape index (κ2) is 10.1. The molecule has 7 nitrogen and oxygen atoms in total. The van der Waals surface area contributed by atoms with Gasteiger partial charge in [0.25, 0.3) is 5.56 Å². The number of carbonyl (C=O) groups is 1. The number of benzene rings is 3. The summed E-state index contributed by atoms with van der Waals surface area (Å²) in [5, 5.41) is 6.46. The maximum absolute atomic E-state index is 14.0. The summed E-state index contributed by atoms with van der Waals surface area (Å²) in [4.78, 5) is 26.2. The molecule has 0 atom stereocenters. The van der Waals surface area contributed by atoms with E-state index in [-0.39, 0.29) is 24.3 Å². The molecular formula is C26H24FN3O4. The van der Waals surface area contributed by atoms with Crippen LogP contribution in [0.4, 0.5) is 15.8 Å². The van der Waals surface area contributed by atoms with E-state index in [0.717, 1.165) is 5.69 Å². The van der Waals surface area contributed by atoms with E-state index in [0.29, 0.717) is 28.0 Å². The number of halogens is 1. The predicted octanol–water partition coefficient (Wildman–Crippen LogP) is 4.41. The van der Waals surface area contributed by atoms with E-state index in [1.54, 1.807) is 24.3 Å². The average Bonchev–Trinajstić information content (AvgIpc) is 2.86. The van der Waals surface area contributed by atoms with Crippen molar-refractivity contribution < 1.29 is 18.7 Å². The summed E-state index contributed by atoms with van der Waals surface area (Å²) in [6.45, 7) is -0.0552. The van der Waals surface area contributed by atoms with Crippen LogP contribution in [0.1, 0.15) is 5.56 Å². The van der Waals surface area contributed by atoms with Crippen LogP contribution in [0.2, 0.25) is 0 Å². The van der Waals surface area contributed by atoms with Gasteiger partial charge in [0.2, 0.25) is 5.91 Å². The summed E-state index contributed by atoms with van der Waals surface area (Å²) in [6, 6.07) is 20.5. The first-order chi connectivity index (χ1) is 16.5. The standard InChI is InChI=1S/C26H24FN3O4/c1-33-23-13-17-12-18(15-28-19-8-4-3-5-9-19)26(32)30(22(17)14-24(23)34-2)16-25(31)29-21-11-7-6-10-20(21)27/h3-14,28H,15-16H2,1-2H3,(H,29,31). The molecule has 174 valence electrons. The Morgan fingerprint density at radius 2 is 1.62 bits per heavy atom. The molecule has 0 spiro atoms. The van der Waals surface area contributed by atoms with Gasteiger partial charge in [-0.3, -0.25) is 14.2 Å². The number of amides is 1. The maximum Gasteiger partial charge on any atom is 0.256 e. The van der Waals surface area contributed by atoms with Gasteiger partial charge in [-0.25, -0.2) is 4.39 Å². The minimum atomic E-state index is -0.555. The lowest BCUT2D eigenvalue weighted by Gasteiger charge is -2.16. The molecule has 4 aromatic rings. The average molecular weight is 461 g/mol. The first-order valence-corrected chi connectivity index (χ1v) is 10.6. The lowest BCUT2D eigenvalue weighted by molar-refractivity contribution is -0.116. The number of nitrogens with one attached hydrogen (secondary N) is 2. The Labute approximate surface area is 195 Å². The Kier molecular flexibility index (Phi) is 6.77. The number of pyridine rings is 1. The van der Waals surface area contributed by atoms with Crippen LogP contribution >= 0.6 is 0 Å². The number of hydrogen-bond donors (Lipinski definition) is 2. The number of fused-ring (bicyclic) bond motifs is 1. The first-order valence-electron chi connectivity index (χ1n) is 10.6. The number of ether oxygens (including phenoxy) is 2. The molecule has 0 aliphatic heterocycles. The smallest absolute Gasteiger partial charge is 0.256 e. The van der Waals surface area contributed by atoms with Gasteiger partial charge in [-0.1, -0.05) is 30.3 Å². The fourth-order valence-electron chi connectivity index (χ4n) is 3.70. The highest BCUT2D eigenvalue weighted by molar-refractivity contribution is 5.92. The van der Waals surface area contributed by atoms with Crippen LogP contribution in [-0.4, -0.2) is 24.7 Å². The van der Waals surface area contributed by atoms with Crippen LogP contribution in [0.25, 0.3) is 10.9 Å². The molecule has 3 aromatic carbocycles. The largest absolute Gasteiger partial charge is 0.493 e. The lowest BCUT2D eigenvalue weighted by atomic mass is 10.1. The van der Waals surface area contributed by atoms with Crippen molar-refractivity contribution in [1.29, 1.82) is 0 Å². The minimum Gasteiger partial charge on any atom is -0.493 e. The molecule has 1 amide bonds. The number of anilines is 2. The Morgan fingerprint density at radius 3 is 2.32 bits per heavy atom. The third-order valence-corrected chi connectivity index (χ3v) is 5.38. The molecule has 0 bridgehead atoms. The Morgan fingerprint density at radius 1 is 0.941 bits per heavy atom. The highest BCUT2D eigenvalue weighted by Crippen LogP contribution is 2.32. The molecule has 0 aliphatic rings. The van der Waals surface area contributed by atoms with Gasteiger partial charge in [0.05, 0.1) is 25.4 Å². The van der Waals surface area contributed by atoms with E-state index >= 15 is 0 Å². The number of aromatic nitrogens is 1. The number of hydrogen-bond acceptors (Lipinski definition) is 5. The second-order valence-electron chi connectivity index (χ2n) is 7.57. The highest BCUT2D eigenvalue weighted by atomic mass is 19.1. The molecule has 8 heteroatoms. The molecule has 0 aliphatic carbocycles. The van der Waals surface area contributed by atoms with Crippen LogP contribution in [0.15, 0.2) is 77.6 Å². The number of rotatable bonds is 8. The van der Waals surface area contributed by atoms with Gasteiger partial charge in [0, 0.05) is 29.2 Å². The quantitative estimate of drug-likeness (QED) is 0.406. The Hall–Kier alpha value is -4.33. The van der Waals surface area contributed by atoms with Gasteiger partial charge in [-0.15, -0.1) is 0 Å². The van der Waals surface area contributed by atoms with Crippen LogP contribution in [0.5, 0.6) is 11.5 Å². The molecule has 4 rings (SSSR count). The van der Waals surface area contributed by atoms with Crippen molar-refractivity contribution in [2.45, 2.75) is 13.1 Å². The van der Waals surface area contributed by atoms with Gasteiger partial charge in [0.1, 0.15) is 12.4 Å². The minimum absolute atomic E-state index is 0.0472. The van der Waals surface area contributed by atoms with E-state index in [1.165, 1.54) is 37.0 Å². The Bertz CT molecular complexity index is 1390. The van der Waals surface area contributed by atoms with Crippen molar-refractivity contribution in [2.75, 3.05) is 24.9 Å². The van der Waals surface area contributed by atoms with Crippen molar-refractivity contribution in [3.63, 3.8) is 0 Å². The first kappa shape index (κ1) is 22.8. The topological polar surface area (TPSA) is 81.6 Å². The summed E-state index contributed by atoms with van der Waals surface area (Å²) in [6.07, 6.45) is 0. The molecule has 0 radical (unpaired) electrons. The monoisotopic (exact) mass is 461 g/mol. The van der Waals surface area contributed by atoms with E-state index in [4.69, 9.17) is 9.47 Å².